The van der Waals surface area contributed by atoms with E-state index in [1.54, 1.807) is 0 Å². The Morgan fingerprint density at radius 3 is 3.08 bits per heavy atom. The molecule has 2 heterocycles. The first-order valence-electron chi connectivity index (χ1n) is 4.72. The summed E-state index contributed by atoms with van der Waals surface area (Å²) in [5.41, 5.74) is 0. The van der Waals surface area contributed by atoms with Crippen molar-refractivity contribution >= 4 is 5.84 Å². The standard InChI is InChI=1S/C9H15FN2/c1-6-2-3-7-8(10)4-5-11-9(7)12-6/h6-8H,2-5H2,1H3,(H,11,12). The minimum absolute atomic E-state index is 0.0787. The molecular formula is C9H15FN2. The van der Waals surface area contributed by atoms with Gasteiger partial charge in [-0.25, -0.2) is 4.39 Å². The van der Waals surface area contributed by atoms with Gasteiger partial charge >= 0.3 is 0 Å². The summed E-state index contributed by atoms with van der Waals surface area (Å²) in [6, 6.07) is 0.477. The summed E-state index contributed by atoms with van der Waals surface area (Å²) in [7, 11) is 0. The molecule has 1 saturated heterocycles. The number of nitrogens with zero attached hydrogens (tertiary/aromatic N) is 1. The fraction of sp³-hybridized carbons (Fsp3) is 0.889. The lowest BCUT2D eigenvalue weighted by Crippen LogP contribution is -2.47. The topological polar surface area (TPSA) is 24.4 Å². The Balaban J connectivity index is 2.11. The highest BCUT2D eigenvalue weighted by atomic mass is 19.1. The molecule has 1 fully saturated rings. The van der Waals surface area contributed by atoms with E-state index in [0.29, 0.717) is 19.0 Å². The fourth-order valence-electron chi connectivity index (χ4n) is 2.02. The van der Waals surface area contributed by atoms with Crippen LogP contribution in [0, 0.1) is 5.92 Å². The highest BCUT2D eigenvalue weighted by molar-refractivity contribution is 5.86. The van der Waals surface area contributed by atoms with Crippen molar-refractivity contribution in [3.8, 4) is 0 Å². The first-order chi connectivity index (χ1) is 5.77. The van der Waals surface area contributed by atoms with Crippen LogP contribution < -0.4 is 5.32 Å². The van der Waals surface area contributed by atoms with Gasteiger partial charge < -0.3 is 5.32 Å². The summed E-state index contributed by atoms with van der Waals surface area (Å²) >= 11 is 0. The molecule has 2 nitrogen and oxygen atoms in total. The number of fused-ring (bicyclic) bond motifs is 1. The van der Waals surface area contributed by atoms with Crippen LogP contribution in [0.4, 0.5) is 4.39 Å². The van der Waals surface area contributed by atoms with E-state index in [1.807, 2.05) is 0 Å². The second kappa shape index (κ2) is 3.04. The van der Waals surface area contributed by atoms with Crippen LogP contribution in [-0.4, -0.2) is 24.6 Å². The summed E-state index contributed by atoms with van der Waals surface area (Å²) < 4.78 is 13.3. The van der Waals surface area contributed by atoms with E-state index >= 15 is 0 Å². The lowest BCUT2D eigenvalue weighted by Gasteiger charge is -2.34. The van der Waals surface area contributed by atoms with Gasteiger partial charge in [-0.05, 0) is 26.2 Å². The van der Waals surface area contributed by atoms with E-state index in [0.717, 1.165) is 18.7 Å². The molecule has 12 heavy (non-hydrogen) atoms. The molecule has 1 N–H and O–H groups in total. The molecule has 2 aliphatic rings. The van der Waals surface area contributed by atoms with Gasteiger partial charge in [-0.15, -0.1) is 0 Å². The van der Waals surface area contributed by atoms with Crippen molar-refractivity contribution in [2.75, 3.05) is 6.54 Å². The van der Waals surface area contributed by atoms with Crippen LogP contribution in [0.2, 0.25) is 0 Å². The van der Waals surface area contributed by atoms with E-state index < -0.39 is 6.17 Å². The molecule has 0 aromatic heterocycles. The average molecular weight is 170 g/mol. The SMILES string of the molecule is CC1CCC2C(=NCCC2F)N1. The van der Waals surface area contributed by atoms with E-state index in [-0.39, 0.29) is 5.92 Å². The van der Waals surface area contributed by atoms with Gasteiger partial charge in [0.2, 0.25) is 0 Å². The maximum absolute atomic E-state index is 13.3. The quantitative estimate of drug-likeness (QED) is 0.585. The Hall–Kier alpha value is -0.600. The molecular weight excluding hydrogens is 155 g/mol. The van der Waals surface area contributed by atoms with Gasteiger partial charge in [0.15, 0.2) is 0 Å². The summed E-state index contributed by atoms with van der Waals surface area (Å²) in [5, 5.41) is 3.26. The largest absolute Gasteiger partial charge is 0.371 e. The molecule has 3 atom stereocenters. The Morgan fingerprint density at radius 1 is 1.42 bits per heavy atom. The molecule has 68 valence electrons. The minimum atomic E-state index is -0.655. The van der Waals surface area contributed by atoms with Crippen LogP contribution in [0.3, 0.4) is 0 Å². The number of hydrogen-bond acceptors (Lipinski definition) is 2. The van der Waals surface area contributed by atoms with Gasteiger partial charge in [-0.1, -0.05) is 0 Å². The normalized spacial score (nSPS) is 41.2. The number of aliphatic imine (C=N–C) groups is 1. The number of rotatable bonds is 0. The monoisotopic (exact) mass is 170 g/mol. The van der Waals surface area contributed by atoms with E-state index in [4.69, 9.17) is 0 Å². The zero-order valence-corrected chi connectivity index (χ0v) is 7.39. The number of amidine groups is 1. The smallest absolute Gasteiger partial charge is 0.112 e. The third kappa shape index (κ3) is 1.32. The van der Waals surface area contributed by atoms with E-state index in [1.165, 1.54) is 0 Å². The van der Waals surface area contributed by atoms with Crippen LogP contribution in [0.15, 0.2) is 4.99 Å². The van der Waals surface area contributed by atoms with Gasteiger partial charge in [-0.2, -0.15) is 0 Å². The summed E-state index contributed by atoms with van der Waals surface area (Å²) in [4.78, 5) is 4.32. The molecule has 2 aliphatic heterocycles. The third-order valence-corrected chi connectivity index (χ3v) is 2.78. The van der Waals surface area contributed by atoms with Crippen LogP contribution in [-0.2, 0) is 0 Å². The summed E-state index contributed by atoms with van der Waals surface area (Å²) in [6.45, 7) is 2.79. The molecule has 0 aromatic rings. The maximum Gasteiger partial charge on any atom is 0.112 e. The van der Waals surface area contributed by atoms with Crippen LogP contribution >= 0.6 is 0 Å². The Labute approximate surface area is 72.3 Å². The number of piperidine rings is 1. The molecule has 0 radical (unpaired) electrons. The van der Waals surface area contributed by atoms with Gasteiger partial charge in [0.25, 0.3) is 0 Å². The van der Waals surface area contributed by atoms with Crippen molar-refractivity contribution in [1.29, 1.82) is 0 Å². The summed E-state index contributed by atoms with van der Waals surface area (Å²) in [6.07, 6.45) is 2.00. The molecule has 0 aromatic carbocycles. The average Bonchev–Trinajstić information content (AvgIpc) is 2.04. The highest BCUT2D eigenvalue weighted by Crippen LogP contribution is 2.26. The molecule has 0 saturated carbocycles. The number of halogens is 1. The van der Waals surface area contributed by atoms with Gasteiger partial charge in [0, 0.05) is 18.5 Å². The van der Waals surface area contributed by atoms with Crippen LogP contribution in [0.25, 0.3) is 0 Å². The predicted octanol–water partition coefficient (Wildman–Crippen LogP) is 1.51. The number of nitrogens with one attached hydrogen (secondary N) is 1. The first kappa shape index (κ1) is 8.02. The molecule has 2 rings (SSSR count). The molecule has 0 amide bonds. The van der Waals surface area contributed by atoms with Crippen LogP contribution in [0.5, 0.6) is 0 Å². The molecule has 3 heteroatoms. The molecule has 0 bridgehead atoms. The zero-order valence-electron chi connectivity index (χ0n) is 7.39. The van der Waals surface area contributed by atoms with Gasteiger partial charge in [-0.3, -0.25) is 4.99 Å². The Morgan fingerprint density at radius 2 is 2.25 bits per heavy atom. The Kier molecular flexibility index (Phi) is 2.03. The first-order valence-corrected chi connectivity index (χ1v) is 4.72. The van der Waals surface area contributed by atoms with Gasteiger partial charge in [0.05, 0.1) is 0 Å². The van der Waals surface area contributed by atoms with Crippen molar-refractivity contribution in [2.45, 2.75) is 38.4 Å². The third-order valence-electron chi connectivity index (χ3n) is 2.78. The second-order valence-electron chi connectivity index (χ2n) is 3.80. The lowest BCUT2D eigenvalue weighted by molar-refractivity contribution is 0.223. The van der Waals surface area contributed by atoms with E-state index in [9.17, 15) is 4.39 Å². The van der Waals surface area contributed by atoms with Crippen LogP contribution in [0.1, 0.15) is 26.2 Å². The summed E-state index contributed by atoms with van der Waals surface area (Å²) in [5.74, 6) is 1.00. The van der Waals surface area contributed by atoms with Crippen molar-refractivity contribution in [3.63, 3.8) is 0 Å². The number of alkyl halides is 1. The van der Waals surface area contributed by atoms with E-state index in [2.05, 4.69) is 17.2 Å². The number of hydrogen-bond donors (Lipinski definition) is 1. The van der Waals surface area contributed by atoms with Gasteiger partial charge in [0.1, 0.15) is 12.0 Å². The van der Waals surface area contributed by atoms with Crippen molar-refractivity contribution in [1.82, 2.24) is 5.32 Å². The van der Waals surface area contributed by atoms with Crippen molar-refractivity contribution in [2.24, 2.45) is 10.9 Å². The minimum Gasteiger partial charge on any atom is -0.371 e. The van der Waals surface area contributed by atoms with Crippen molar-refractivity contribution in [3.05, 3.63) is 0 Å². The zero-order chi connectivity index (χ0) is 8.55. The van der Waals surface area contributed by atoms with Crippen molar-refractivity contribution < 1.29 is 4.39 Å². The lowest BCUT2D eigenvalue weighted by atomic mass is 9.87. The molecule has 0 spiro atoms. The molecule has 3 unspecified atom stereocenters. The maximum atomic E-state index is 13.3. The second-order valence-corrected chi connectivity index (χ2v) is 3.80. The Bertz CT molecular complexity index is 203. The molecule has 0 aliphatic carbocycles. The predicted molar refractivity (Wildman–Crippen MR) is 47.1 cm³/mol. The highest BCUT2D eigenvalue weighted by Gasteiger charge is 2.32. The fourth-order valence-corrected chi connectivity index (χ4v) is 2.02.